The number of nitrogens with zero attached hydrogens (tertiary/aromatic N) is 3. The Labute approximate surface area is 138 Å². The van der Waals surface area contributed by atoms with Crippen LogP contribution in [0.25, 0.3) is 5.78 Å². The highest BCUT2D eigenvalue weighted by atomic mass is 16.1. The number of nitrogens with one attached hydrogen (secondary N) is 2. The first kappa shape index (κ1) is 15.9. The van der Waals surface area contributed by atoms with Crippen molar-refractivity contribution in [3.8, 4) is 0 Å². The van der Waals surface area contributed by atoms with Crippen molar-refractivity contribution in [2.24, 2.45) is 0 Å². The van der Waals surface area contributed by atoms with Gasteiger partial charge in [0.15, 0.2) is 0 Å². The molecule has 0 atom stereocenters. The van der Waals surface area contributed by atoms with Gasteiger partial charge in [0.05, 0.1) is 5.69 Å². The summed E-state index contributed by atoms with van der Waals surface area (Å²) in [4.78, 5) is 32.9. The molecule has 0 aliphatic heterocycles. The molecule has 0 bridgehead atoms. The fourth-order valence-electron chi connectivity index (χ4n) is 2.62. The molecule has 2 N–H and O–H groups in total. The summed E-state index contributed by atoms with van der Waals surface area (Å²) in [5.41, 5.74) is 3.88. The van der Waals surface area contributed by atoms with Gasteiger partial charge in [0.25, 0.3) is 11.3 Å². The van der Waals surface area contributed by atoms with Crippen molar-refractivity contribution in [1.82, 2.24) is 19.6 Å². The van der Waals surface area contributed by atoms with Crippen LogP contribution in [0, 0.1) is 20.8 Å². The van der Waals surface area contributed by atoms with E-state index in [1.165, 1.54) is 10.8 Å². The van der Waals surface area contributed by atoms with Crippen molar-refractivity contribution in [3.05, 3.63) is 57.3 Å². The van der Waals surface area contributed by atoms with Gasteiger partial charge in [0.1, 0.15) is 6.33 Å². The van der Waals surface area contributed by atoms with Crippen molar-refractivity contribution in [3.63, 3.8) is 0 Å². The van der Waals surface area contributed by atoms with Crippen LogP contribution in [-0.4, -0.2) is 25.5 Å². The smallest absolute Gasteiger partial charge is 0.277 e. The van der Waals surface area contributed by atoms with E-state index in [1.807, 2.05) is 32.0 Å². The molecule has 1 aromatic carbocycles. The Morgan fingerprint density at radius 1 is 1.29 bits per heavy atom. The molecule has 0 saturated heterocycles. The zero-order chi connectivity index (χ0) is 17.3. The Bertz CT molecular complexity index is 971. The fourth-order valence-corrected chi connectivity index (χ4v) is 2.62. The lowest BCUT2D eigenvalue weighted by molar-refractivity contribution is -0.116. The Morgan fingerprint density at radius 2 is 2.08 bits per heavy atom. The van der Waals surface area contributed by atoms with Gasteiger partial charge in [-0.1, -0.05) is 12.1 Å². The van der Waals surface area contributed by atoms with E-state index in [2.05, 4.69) is 20.4 Å². The fraction of sp³-hybridized carbons (Fsp3) is 0.294. The molecular weight excluding hydrogens is 306 g/mol. The molecule has 0 unspecified atom stereocenters. The number of benzene rings is 1. The van der Waals surface area contributed by atoms with Gasteiger partial charge < -0.3 is 5.32 Å². The van der Waals surface area contributed by atoms with Crippen molar-refractivity contribution in [1.29, 1.82) is 0 Å². The maximum Gasteiger partial charge on any atom is 0.277 e. The van der Waals surface area contributed by atoms with Crippen LogP contribution in [-0.2, 0) is 11.2 Å². The minimum absolute atomic E-state index is 0.128. The van der Waals surface area contributed by atoms with Crippen LogP contribution in [0.4, 0.5) is 5.69 Å². The van der Waals surface area contributed by atoms with E-state index in [0.717, 1.165) is 16.8 Å². The minimum Gasteiger partial charge on any atom is -0.326 e. The van der Waals surface area contributed by atoms with E-state index >= 15 is 0 Å². The number of fused-ring (bicyclic) bond motifs is 1. The molecule has 0 aliphatic carbocycles. The number of H-pyrrole nitrogens is 1. The number of aromatic amines is 1. The zero-order valence-electron chi connectivity index (χ0n) is 13.9. The molecule has 0 fully saturated rings. The predicted octanol–water partition coefficient (Wildman–Crippen LogP) is 1.91. The summed E-state index contributed by atoms with van der Waals surface area (Å²) in [7, 11) is 0. The third-order valence-electron chi connectivity index (χ3n) is 4.21. The molecule has 7 nitrogen and oxygen atoms in total. The van der Waals surface area contributed by atoms with Gasteiger partial charge in [-0.2, -0.15) is 4.52 Å². The molecular formula is C17H19N5O2. The van der Waals surface area contributed by atoms with Crippen molar-refractivity contribution in [2.45, 2.75) is 33.6 Å². The van der Waals surface area contributed by atoms with Crippen molar-refractivity contribution >= 4 is 17.4 Å². The van der Waals surface area contributed by atoms with Gasteiger partial charge in [0.2, 0.25) is 5.91 Å². The van der Waals surface area contributed by atoms with Crippen LogP contribution in [0.5, 0.6) is 0 Å². The third-order valence-corrected chi connectivity index (χ3v) is 4.21. The van der Waals surface area contributed by atoms with Crippen LogP contribution in [0.3, 0.4) is 0 Å². The highest BCUT2D eigenvalue weighted by Gasteiger charge is 2.13. The summed E-state index contributed by atoms with van der Waals surface area (Å²) >= 11 is 0. The first-order valence-corrected chi connectivity index (χ1v) is 7.75. The average Bonchev–Trinajstić information content (AvgIpc) is 3.00. The van der Waals surface area contributed by atoms with Crippen LogP contribution < -0.4 is 10.9 Å². The lowest BCUT2D eigenvalue weighted by Gasteiger charge is -2.10. The Hall–Kier alpha value is -2.96. The van der Waals surface area contributed by atoms with E-state index in [9.17, 15) is 9.59 Å². The largest absolute Gasteiger partial charge is 0.326 e. The number of rotatable bonds is 4. The van der Waals surface area contributed by atoms with E-state index in [1.54, 1.807) is 6.92 Å². The highest BCUT2D eigenvalue weighted by Crippen LogP contribution is 2.18. The van der Waals surface area contributed by atoms with Crippen LogP contribution >= 0.6 is 0 Å². The number of carbonyl (C=O) groups excluding carboxylic acids is 1. The monoisotopic (exact) mass is 325 g/mol. The maximum absolute atomic E-state index is 12.4. The van der Waals surface area contributed by atoms with Gasteiger partial charge >= 0.3 is 0 Å². The number of hydrogen-bond donors (Lipinski definition) is 2. The summed E-state index contributed by atoms with van der Waals surface area (Å²) in [6.45, 7) is 5.73. The number of aryl methyl sites for hydroxylation is 2. The lowest BCUT2D eigenvalue weighted by atomic mass is 10.1. The molecule has 2 aromatic heterocycles. The zero-order valence-corrected chi connectivity index (χ0v) is 13.9. The highest BCUT2D eigenvalue weighted by molar-refractivity contribution is 5.91. The number of carbonyl (C=O) groups is 1. The normalized spacial score (nSPS) is 11.0. The molecule has 24 heavy (non-hydrogen) atoms. The molecule has 0 spiro atoms. The van der Waals surface area contributed by atoms with E-state index in [0.29, 0.717) is 23.5 Å². The average molecular weight is 325 g/mol. The second-order valence-electron chi connectivity index (χ2n) is 5.80. The summed E-state index contributed by atoms with van der Waals surface area (Å²) < 4.78 is 1.28. The summed E-state index contributed by atoms with van der Waals surface area (Å²) in [6, 6.07) is 5.78. The minimum atomic E-state index is -0.213. The van der Waals surface area contributed by atoms with Gasteiger partial charge in [-0.25, -0.2) is 9.97 Å². The standard InChI is InChI=1S/C17H19N5O2/c1-10-5-4-6-14(11(10)2)21-15(23)8-7-13-12(3)20-17-18-9-19-22(17)16(13)24/h4-6,9H,7-8H2,1-3H3,(H,21,23)(H,18,19,20). The van der Waals surface area contributed by atoms with Gasteiger partial charge in [-0.3, -0.25) is 14.7 Å². The molecule has 3 rings (SSSR count). The first-order chi connectivity index (χ1) is 11.5. The maximum atomic E-state index is 12.4. The molecule has 1 amide bonds. The molecule has 0 aliphatic rings. The first-order valence-electron chi connectivity index (χ1n) is 7.75. The summed E-state index contributed by atoms with van der Waals surface area (Å²) in [5.74, 6) is 0.207. The van der Waals surface area contributed by atoms with Gasteiger partial charge in [0, 0.05) is 17.7 Å². The van der Waals surface area contributed by atoms with Crippen molar-refractivity contribution in [2.75, 3.05) is 5.32 Å². The van der Waals surface area contributed by atoms with Gasteiger partial charge in [-0.05, 0) is 44.4 Å². The second kappa shape index (κ2) is 6.27. The number of hydrogen-bond acceptors (Lipinski definition) is 4. The Kier molecular flexibility index (Phi) is 4.16. The molecule has 7 heteroatoms. The van der Waals surface area contributed by atoms with Crippen LogP contribution in [0.1, 0.15) is 28.8 Å². The third kappa shape index (κ3) is 2.92. The van der Waals surface area contributed by atoms with Crippen molar-refractivity contribution < 1.29 is 4.79 Å². The Balaban J connectivity index is 1.75. The summed E-state index contributed by atoms with van der Waals surface area (Å²) in [6.07, 6.45) is 1.96. The SMILES string of the molecule is Cc1cccc(NC(=O)CCc2c(C)nc3nc[nH]n3c2=O)c1C. The summed E-state index contributed by atoms with van der Waals surface area (Å²) in [5, 5.41) is 5.63. The second-order valence-corrected chi connectivity index (χ2v) is 5.80. The lowest BCUT2D eigenvalue weighted by Crippen LogP contribution is -2.23. The molecule has 3 aromatic rings. The Morgan fingerprint density at radius 3 is 2.88 bits per heavy atom. The van der Waals surface area contributed by atoms with Crippen LogP contribution in [0.2, 0.25) is 0 Å². The van der Waals surface area contributed by atoms with E-state index in [4.69, 9.17) is 0 Å². The van der Waals surface area contributed by atoms with Gasteiger partial charge in [-0.15, -0.1) is 0 Å². The number of amides is 1. The predicted molar refractivity (Wildman–Crippen MR) is 91.2 cm³/mol. The topological polar surface area (TPSA) is 92.2 Å². The van der Waals surface area contributed by atoms with Crippen LogP contribution in [0.15, 0.2) is 29.3 Å². The van der Waals surface area contributed by atoms with E-state index < -0.39 is 0 Å². The molecule has 2 heterocycles. The molecule has 0 saturated carbocycles. The van der Waals surface area contributed by atoms with E-state index in [-0.39, 0.29) is 17.9 Å². The quantitative estimate of drug-likeness (QED) is 0.766. The molecule has 124 valence electrons. The number of aromatic nitrogens is 4. The number of anilines is 1. The molecule has 0 radical (unpaired) electrons.